The number of phenolic OH excluding ortho intramolecular Hbond substituents is 1. The van der Waals surface area contributed by atoms with Gasteiger partial charge >= 0.3 is 0 Å². The van der Waals surface area contributed by atoms with Crippen LogP contribution in [0, 0.1) is 6.92 Å². The number of hydrogen-bond donors (Lipinski definition) is 2. The summed E-state index contributed by atoms with van der Waals surface area (Å²) in [6.45, 7) is 10.5. The number of nitrogens with one attached hydrogen (secondary N) is 1. The molecule has 1 heterocycles. The van der Waals surface area contributed by atoms with Crippen molar-refractivity contribution in [3.05, 3.63) is 23.8 Å². The maximum absolute atomic E-state index is 9.71. The molecule has 0 radical (unpaired) electrons. The number of anilines is 1. The van der Waals surface area contributed by atoms with E-state index in [2.05, 4.69) is 15.1 Å². The molecule has 2 fully saturated rings. The minimum atomic E-state index is 0.296. The molecule has 2 aliphatic rings. The molecular weight excluding hydrogens is 364 g/mol. The van der Waals surface area contributed by atoms with E-state index in [4.69, 9.17) is 9.73 Å². The summed E-state index contributed by atoms with van der Waals surface area (Å²) in [7, 11) is 0. The third kappa shape index (κ3) is 6.61. The zero-order valence-electron chi connectivity index (χ0n) is 18.2. The number of aromatic hydroxyl groups is 1. The first kappa shape index (κ1) is 21.9. The molecule has 1 aliphatic heterocycles. The molecule has 3 rings (SSSR count). The smallest absolute Gasteiger partial charge is 0.198 e. The van der Waals surface area contributed by atoms with Crippen LogP contribution in [0.1, 0.15) is 51.0 Å². The summed E-state index contributed by atoms with van der Waals surface area (Å²) in [5.74, 6) is 1.24. The van der Waals surface area contributed by atoms with Crippen molar-refractivity contribution in [3.8, 4) is 5.75 Å². The second-order valence-electron chi connectivity index (χ2n) is 8.19. The lowest BCUT2D eigenvalue weighted by Gasteiger charge is -2.41. The van der Waals surface area contributed by atoms with Gasteiger partial charge < -0.3 is 20.1 Å². The van der Waals surface area contributed by atoms with E-state index >= 15 is 0 Å². The lowest BCUT2D eigenvalue weighted by molar-refractivity contribution is 0.107. The average Bonchev–Trinajstić information content (AvgIpc) is 2.75. The fourth-order valence-corrected chi connectivity index (χ4v) is 4.37. The average molecular weight is 403 g/mol. The summed E-state index contributed by atoms with van der Waals surface area (Å²) in [6, 6.07) is 6.22. The number of piperazine rings is 1. The second-order valence-corrected chi connectivity index (χ2v) is 8.19. The van der Waals surface area contributed by atoms with Crippen LogP contribution in [-0.2, 0) is 4.74 Å². The number of ether oxygens (including phenoxy) is 1. The molecule has 1 aliphatic carbocycles. The predicted octanol–water partition coefficient (Wildman–Crippen LogP) is 3.85. The maximum atomic E-state index is 9.71. The Bertz CT molecular complexity index is 650. The molecule has 6 nitrogen and oxygen atoms in total. The van der Waals surface area contributed by atoms with E-state index in [1.165, 1.54) is 32.1 Å². The lowest BCUT2D eigenvalue weighted by Crippen LogP contribution is -2.53. The summed E-state index contributed by atoms with van der Waals surface area (Å²) >= 11 is 0. The molecule has 0 unspecified atom stereocenters. The van der Waals surface area contributed by atoms with Gasteiger partial charge in [-0.1, -0.05) is 19.3 Å². The Kier molecular flexibility index (Phi) is 8.62. The van der Waals surface area contributed by atoms with Crippen molar-refractivity contribution in [1.82, 2.24) is 9.80 Å². The Labute approximate surface area is 175 Å². The molecule has 0 atom stereocenters. The van der Waals surface area contributed by atoms with Gasteiger partial charge in [-0.15, -0.1) is 0 Å². The third-order valence-corrected chi connectivity index (χ3v) is 6.07. The quantitative estimate of drug-likeness (QED) is 0.314. The minimum Gasteiger partial charge on any atom is -0.508 e. The summed E-state index contributed by atoms with van der Waals surface area (Å²) in [4.78, 5) is 9.96. The molecule has 0 aromatic heterocycles. The van der Waals surface area contributed by atoms with Crippen LogP contribution >= 0.6 is 0 Å². The molecule has 29 heavy (non-hydrogen) atoms. The summed E-state index contributed by atoms with van der Waals surface area (Å²) in [5.41, 5.74) is 2.02. The number of hydrogen-bond acceptors (Lipinski definition) is 4. The summed E-state index contributed by atoms with van der Waals surface area (Å²) < 4.78 is 5.45. The number of rotatable bonds is 7. The van der Waals surface area contributed by atoms with Crippen LogP contribution in [0.3, 0.4) is 0 Å². The van der Waals surface area contributed by atoms with Crippen molar-refractivity contribution in [3.63, 3.8) is 0 Å². The van der Waals surface area contributed by atoms with E-state index in [1.807, 2.05) is 19.9 Å². The molecule has 1 saturated heterocycles. The van der Waals surface area contributed by atoms with E-state index in [0.717, 1.165) is 75.6 Å². The topological polar surface area (TPSA) is 60.3 Å². The molecule has 162 valence electrons. The van der Waals surface area contributed by atoms with Gasteiger partial charge in [0.05, 0.1) is 0 Å². The second kappa shape index (κ2) is 11.4. The number of aryl methyl sites for hydroxylation is 1. The molecule has 1 saturated carbocycles. The van der Waals surface area contributed by atoms with Gasteiger partial charge in [0.2, 0.25) is 0 Å². The van der Waals surface area contributed by atoms with Gasteiger partial charge in [-0.3, -0.25) is 9.89 Å². The Morgan fingerprint density at radius 1 is 1.17 bits per heavy atom. The first-order chi connectivity index (χ1) is 14.2. The Hall–Kier alpha value is -1.79. The van der Waals surface area contributed by atoms with Gasteiger partial charge in [0.25, 0.3) is 0 Å². The number of phenols is 1. The molecule has 0 bridgehead atoms. The Morgan fingerprint density at radius 2 is 1.93 bits per heavy atom. The van der Waals surface area contributed by atoms with E-state index < -0.39 is 0 Å². The highest BCUT2D eigenvalue weighted by molar-refractivity contribution is 5.94. The highest BCUT2D eigenvalue weighted by atomic mass is 16.5. The van der Waals surface area contributed by atoms with Crippen LogP contribution in [0.2, 0.25) is 0 Å². The van der Waals surface area contributed by atoms with Crippen LogP contribution in [0.15, 0.2) is 23.2 Å². The molecule has 2 N–H and O–H groups in total. The number of nitrogens with zero attached hydrogens (tertiary/aromatic N) is 3. The maximum Gasteiger partial charge on any atom is 0.198 e. The van der Waals surface area contributed by atoms with Gasteiger partial charge in [-0.2, -0.15) is 0 Å². The van der Waals surface area contributed by atoms with Crippen LogP contribution < -0.4 is 5.32 Å². The number of benzene rings is 1. The van der Waals surface area contributed by atoms with Crippen molar-refractivity contribution >= 4 is 11.6 Å². The van der Waals surface area contributed by atoms with Crippen molar-refractivity contribution < 1.29 is 9.84 Å². The Balaban J connectivity index is 1.62. The zero-order chi connectivity index (χ0) is 20.5. The van der Waals surface area contributed by atoms with Crippen molar-refractivity contribution in [1.29, 1.82) is 0 Å². The Morgan fingerprint density at radius 3 is 2.62 bits per heavy atom. The third-order valence-electron chi connectivity index (χ3n) is 6.07. The normalized spacial score (nSPS) is 19.5. The van der Waals surface area contributed by atoms with Gasteiger partial charge in [-0.05, 0) is 56.9 Å². The fourth-order valence-electron chi connectivity index (χ4n) is 4.37. The van der Waals surface area contributed by atoms with Gasteiger partial charge in [0, 0.05) is 57.7 Å². The summed E-state index contributed by atoms with van der Waals surface area (Å²) in [5, 5.41) is 13.2. The van der Waals surface area contributed by atoms with Gasteiger partial charge in [0.1, 0.15) is 5.75 Å². The number of guanidine groups is 1. The molecule has 1 aromatic carbocycles. The minimum absolute atomic E-state index is 0.296. The van der Waals surface area contributed by atoms with Gasteiger partial charge in [-0.25, -0.2) is 0 Å². The predicted molar refractivity (Wildman–Crippen MR) is 120 cm³/mol. The molecule has 0 amide bonds. The first-order valence-corrected chi connectivity index (χ1v) is 11.3. The van der Waals surface area contributed by atoms with E-state index in [-0.39, 0.29) is 0 Å². The van der Waals surface area contributed by atoms with Crippen molar-refractivity contribution in [2.75, 3.05) is 51.3 Å². The molecule has 1 aromatic rings. The first-order valence-electron chi connectivity index (χ1n) is 11.3. The van der Waals surface area contributed by atoms with E-state index in [0.29, 0.717) is 5.75 Å². The molecule has 0 spiro atoms. The summed E-state index contributed by atoms with van der Waals surface area (Å²) in [6.07, 6.45) is 7.84. The highest BCUT2D eigenvalue weighted by Gasteiger charge is 2.26. The van der Waals surface area contributed by atoms with Crippen molar-refractivity contribution in [2.24, 2.45) is 4.99 Å². The van der Waals surface area contributed by atoms with Crippen LogP contribution in [0.25, 0.3) is 0 Å². The van der Waals surface area contributed by atoms with E-state index in [1.54, 1.807) is 12.1 Å². The largest absolute Gasteiger partial charge is 0.508 e. The number of aliphatic imine (C=N–C) groups is 1. The molecule has 6 heteroatoms. The van der Waals surface area contributed by atoms with Crippen LogP contribution in [0.4, 0.5) is 5.69 Å². The van der Waals surface area contributed by atoms with E-state index in [9.17, 15) is 5.11 Å². The SMILES string of the molecule is CCOCCCN=C(Nc1ccc(O)cc1C)N1CCN(C2CCCCC2)CC1. The van der Waals surface area contributed by atoms with Crippen LogP contribution in [0.5, 0.6) is 5.75 Å². The standard InChI is InChI=1S/C23H38N4O2/c1-3-29-17-7-12-24-23(25-22-11-10-21(28)18-19(22)2)27-15-13-26(14-16-27)20-8-5-4-6-9-20/h10-11,18,20,28H,3-9,12-17H2,1-2H3,(H,24,25). The highest BCUT2D eigenvalue weighted by Crippen LogP contribution is 2.24. The molecular formula is C23H38N4O2. The van der Waals surface area contributed by atoms with Crippen LogP contribution in [-0.4, -0.2) is 72.8 Å². The fraction of sp³-hybridized carbons (Fsp3) is 0.696. The van der Waals surface area contributed by atoms with Gasteiger partial charge in [0.15, 0.2) is 5.96 Å². The lowest BCUT2D eigenvalue weighted by atomic mass is 9.94. The zero-order valence-corrected chi connectivity index (χ0v) is 18.2. The monoisotopic (exact) mass is 402 g/mol. The van der Waals surface area contributed by atoms with Crippen molar-refractivity contribution in [2.45, 2.75) is 58.4 Å².